The van der Waals surface area contributed by atoms with E-state index in [0.717, 1.165) is 22.9 Å². The Hall–Kier alpha value is -1.54. The number of benzene rings is 2. The molecule has 0 unspecified atom stereocenters. The van der Waals surface area contributed by atoms with Gasteiger partial charge in [-0.25, -0.2) is 0 Å². The molecule has 2 rings (SSSR count). The van der Waals surface area contributed by atoms with Gasteiger partial charge in [-0.2, -0.15) is 0 Å². The van der Waals surface area contributed by atoms with Gasteiger partial charge in [-0.1, -0.05) is 64.5 Å². The highest BCUT2D eigenvalue weighted by atomic mass is 79.9. The Bertz CT molecular complexity index is 512. The lowest BCUT2D eigenvalue weighted by atomic mass is 10.0. The molecule has 0 saturated carbocycles. The molecule has 0 atom stereocenters. The van der Waals surface area contributed by atoms with E-state index in [1.165, 1.54) is 5.56 Å². The normalized spacial score (nSPS) is 10.9. The highest BCUT2D eigenvalue weighted by Gasteiger charge is 1.97. The van der Waals surface area contributed by atoms with Crippen molar-refractivity contribution in [2.75, 3.05) is 5.33 Å². The van der Waals surface area contributed by atoms with Crippen molar-refractivity contribution in [3.05, 3.63) is 60.2 Å². The first-order valence-electron chi connectivity index (χ1n) is 5.91. The molecule has 0 heterocycles. The number of alkyl halides is 1. The Morgan fingerprint density at radius 2 is 1.44 bits per heavy atom. The van der Waals surface area contributed by atoms with Crippen LogP contribution in [-0.4, -0.2) is 10.4 Å². The van der Waals surface area contributed by atoms with Crippen molar-refractivity contribution in [3.8, 4) is 16.9 Å². The number of allylic oxidation sites excluding steroid dienone is 1. The molecule has 2 aromatic rings. The number of halogens is 1. The molecular weight excluding hydrogens is 288 g/mol. The van der Waals surface area contributed by atoms with Crippen LogP contribution in [-0.2, 0) is 0 Å². The molecule has 92 valence electrons. The minimum atomic E-state index is 0.299. The Balaban J connectivity index is 2.14. The zero-order valence-electron chi connectivity index (χ0n) is 10.0. The van der Waals surface area contributed by atoms with Crippen LogP contribution in [0.1, 0.15) is 12.0 Å². The van der Waals surface area contributed by atoms with Crippen molar-refractivity contribution in [2.24, 2.45) is 0 Å². The van der Waals surface area contributed by atoms with Gasteiger partial charge in [0.15, 0.2) is 0 Å². The van der Waals surface area contributed by atoms with Gasteiger partial charge in [0.1, 0.15) is 5.75 Å². The SMILES string of the molecule is Oc1ccc(-c2ccc(C=CCCBr)cc2)cc1. The molecule has 0 aliphatic heterocycles. The summed E-state index contributed by atoms with van der Waals surface area (Å²) >= 11 is 3.40. The number of hydrogen-bond acceptors (Lipinski definition) is 1. The second-order valence-electron chi connectivity index (χ2n) is 4.05. The van der Waals surface area contributed by atoms with Crippen molar-refractivity contribution in [2.45, 2.75) is 6.42 Å². The zero-order chi connectivity index (χ0) is 12.8. The second-order valence-corrected chi connectivity index (χ2v) is 4.84. The van der Waals surface area contributed by atoms with Crippen molar-refractivity contribution >= 4 is 22.0 Å². The fourth-order valence-corrected chi connectivity index (χ4v) is 1.99. The van der Waals surface area contributed by atoms with Crippen LogP contribution in [0, 0.1) is 0 Å². The third kappa shape index (κ3) is 3.47. The smallest absolute Gasteiger partial charge is 0.115 e. The molecule has 0 amide bonds. The molecule has 0 aliphatic rings. The topological polar surface area (TPSA) is 20.2 Å². The average Bonchev–Trinajstić information content (AvgIpc) is 2.41. The summed E-state index contributed by atoms with van der Waals surface area (Å²) in [5.74, 6) is 0.299. The molecule has 0 spiro atoms. The summed E-state index contributed by atoms with van der Waals surface area (Å²) in [6, 6.07) is 15.7. The fraction of sp³-hybridized carbons (Fsp3) is 0.125. The van der Waals surface area contributed by atoms with E-state index in [-0.39, 0.29) is 0 Å². The molecule has 0 aliphatic carbocycles. The van der Waals surface area contributed by atoms with Gasteiger partial charge < -0.3 is 5.11 Å². The minimum absolute atomic E-state index is 0.299. The summed E-state index contributed by atoms with van der Waals surface area (Å²) in [4.78, 5) is 0. The lowest BCUT2D eigenvalue weighted by Crippen LogP contribution is -1.78. The van der Waals surface area contributed by atoms with Crippen molar-refractivity contribution in [1.82, 2.24) is 0 Å². The fourth-order valence-electron chi connectivity index (χ4n) is 1.72. The van der Waals surface area contributed by atoms with E-state index in [9.17, 15) is 5.11 Å². The predicted molar refractivity (Wildman–Crippen MR) is 81.0 cm³/mol. The van der Waals surface area contributed by atoms with Crippen molar-refractivity contribution in [3.63, 3.8) is 0 Å². The Morgan fingerprint density at radius 3 is 2.00 bits per heavy atom. The molecule has 1 nitrogen and oxygen atoms in total. The summed E-state index contributed by atoms with van der Waals surface area (Å²) in [5, 5.41) is 10.3. The summed E-state index contributed by atoms with van der Waals surface area (Å²) in [6.07, 6.45) is 5.33. The highest BCUT2D eigenvalue weighted by molar-refractivity contribution is 9.09. The lowest BCUT2D eigenvalue weighted by Gasteiger charge is -2.02. The third-order valence-corrected chi connectivity index (χ3v) is 3.16. The van der Waals surface area contributed by atoms with Crippen LogP contribution in [0.15, 0.2) is 54.6 Å². The third-order valence-electron chi connectivity index (χ3n) is 2.70. The lowest BCUT2D eigenvalue weighted by molar-refractivity contribution is 0.475. The van der Waals surface area contributed by atoms with Crippen LogP contribution >= 0.6 is 15.9 Å². The molecule has 2 aromatic carbocycles. The second kappa shape index (κ2) is 6.41. The van der Waals surface area contributed by atoms with E-state index < -0.39 is 0 Å². The molecule has 0 radical (unpaired) electrons. The largest absolute Gasteiger partial charge is 0.508 e. The molecule has 0 fully saturated rings. The standard InChI is InChI=1S/C16H15BrO/c17-12-2-1-3-13-4-6-14(7-5-13)15-8-10-16(18)11-9-15/h1,3-11,18H,2,12H2. The quantitative estimate of drug-likeness (QED) is 0.800. The van der Waals surface area contributed by atoms with Crippen LogP contribution in [0.2, 0.25) is 0 Å². The number of aromatic hydroxyl groups is 1. The van der Waals surface area contributed by atoms with E-state index in [2.05, 4.69) is 52.3 Å². The van der Waals surface area contributed by atoms with Crippen LogP contribution in [0.5, 0.6) is 5.75 Å². The van der Waals surface area contributed by atoms with E-state index >= 15 is 0 Å². The van der Waals surface area contributed by atoms with Crippen LogP contribution in [0.3, 0.4) is 0 Å². The first kappa shape index (κ1) is 12.9. The van der Waals surface area contributed by atoms with E-state index in [1.807, 2.05) is 12.1 Å². The number of hydrogen-bond donors (Lipinski definition) is 1. The monoisotopic (exact) mass is 302 g/mol. The van der Waals surface area contributed by atoms with E-state index in [1.54, 1.807) is 12.1 Å². The summed E-state index contributed by atoms with van der Waals surface area (Å²) in [6.45, 7) is 0. The highest BCUT2D eigenvalue weighted by Crippen LogP contribution is 2.22. The van der Waals surface area contributed by atoms with Gasteiger partial charge in [-0.05, 0) is 35.2 Å². The predicted octanol–water partition coefficient (Wildman–Crippen LogP) is 4.86. The number of phenolic OH excluding ortho intramolecular Hbond substituents is 1. The molecule has 0 saturated heterocycles. The maximum Gasteiger partial charge on any atom is 0.115 e. The molecule has 1 N–H and O–H groups in total. The Morgan fingerprint density at radius 1 is 0.889 bits per heavy atom. The van der Waals surface area contributed by atoms with Gasteiger partial charge in [0.05, 0.1) is 0 Å². The summed E-state index contributed by atoms with van der Waals surface area (Å²) in [5.41, 5.74) is 3.48. The van der Waals surface area contributed by atoms with Gasteiger partial charge in [0, 0.05) is 5.33 Å². The summed E-state index contributed by atoms with van der Waals surface area (Å²) in [7, 11) is 0. The number of rotatable bonds is 4. The van der Waals surface area contributed by atoms with Crippen molar-refractivity contribution in [1.29, 1.82) is 0 Å². The van der Waals surface area contributed by atoms with Gasteiger partial charge in [0.25, 0.3) is 0 Å². The summed E-state index contributed by atoms with van der Waals surface area (Å²) < 4.78 is 0. The molecular formula is C16H15BrO. The number of phenols is 1. The van der Waals surface area contributed by atoms with Gasteiger partial charge in [-0.3, -0.25) is 0 Å². The minimum Gasteiger partial charge on any atom is -0.508 e. The molecule has 18 heavy (non-hydrogen) atoms. The maximum absolute atomic E-state index is 9.26. The van der Waals surface area contributed by atoms with Crippen LogP contribution in [0.25, 0.3) is 17.2 Å². The van der Waals surface area contributed by atoms with Crippen molar-refractivity contribution < 1.29 is 5.11 Å². The molecule has 0 bridgehead atoms. The zero-order valence-corrected chi connectivity index (χ0v) is 11.6. The molecule has 2 heteroatoms. The van der Waals surface area contributed by atoms with E-state index in [4.69, 9.17) is 0 Å². The first-order chi connectivity index (χ1) is 8.79. The first-order valence-corrected chi connectivity index (χ1v) is 7.04. The van der Waals surface area contributed by atoms with Gasteiger partial charge >= 0.3 is 0 Å². The van der Waals surface area contributed by atoms with Gasteiger partial charge in [0.2, 0.25) is 0 Å². The molecule has 0 aromatic heterocycles. The van der Waals surface area contributed by atoms with Gasteiger partial charge in [-0.15, -0.1) is 0 Å². The van der Waals surface area contributed by atoms with E-state index in [0.29, 0.717) is 5.75 Å². The average molecular weight is 303 g/mol. The Kier molecular flexibility index (Phi) is 4.59. The van der Waals surface area contributed by atoms with Crippen LogP contribution in [0.4, 0.5) is 0 Å². The van der Waals surface area contributed by atoms with Crippen LogP contribution < -0.4 is 0 Å². The maximum atomic E-state index is 9.26. The Labute approximate surface area is 116 Å².